The number of carbonyl (C=O) groups is 2. The molecule has 0 radical (unpaired) electrons. The van der Waals surface area contributed by atoms with Crippen LogP contribution in [0.5, 0.6) is 0 Å². The summed E-state index contributed by atoms with van der Waals surface area (Å²) in [5, 5.41) is 6.15. The number of ketones is 1. The molecule has 14 heavy (non-hydrogen) atoms. The molecule has 74 valence electrons. The lowest BCUT2D eigenvalue weighted by Gasteiger charge is -2.27. The lowest BCUT2D eigenvalue weighted by atomic mass is 9.92. The summed E-state index contributed by atoms with van der Waals surface area (Å²) < 4.78 is 0. The summed E-state index contributed by atoms with van der Waals surface area (Å²) in [6, 6.07) is 0.401. The molecule has 3 atom stereocenters. The van der Waals surface area contributed by atoms with Crippen LogP contribution in [0.2, 0.25) is 0 Å². The van der Waals surface area contributed by atoms with Gasteiger partial charge in [0.1, 0.15) is 5.78 Å². The van der Waals surface area contributed by atoms with Gasteiger partial charge in [0.15, 0.2) is 0 Å². The molecule has 2 fully saturated rings. The zero-order valence-corrected chi connectivity index (χ0v) is 7.75. The van der Waals surface area contributed by atoms with Crippen LogP contribution in [0.1, 0.15) is 12.8 Å². The summed E-state index contributed by atoms with van der Waals surface area (Å²) in [6.45, 7) is 0.669. The first-order valence-electron chi connectivity index (χ1n) is 5.04. The highest BCUT2D eigenvalue weighted by Gasteiger charge is 2.42. The van der Waals surface area contributed by atoms with Crippen molar-refractivity contribution in [3.05, 3.63) is 11.6 Å². The molecule has 4 heteroatoms. The highest BCUT2D eigenvalue weighted by molar-refractivity contribution is 5.99. The van der Waals surface area contributed by atoms with Crippen molar-refractivity contribution < 1.29 is 9.59 Å². The normalized spacial score (nSPS) is 40.3. The number of nitrogens with one attached hydrogen (secondary N) is 2. The monoisotopic (exact) mass is 192 g/mol. The molecule has 2 N–H and O–H groups in total. The van der Waals surface area contributed by atoms with E-state index in [9.17, 15) is 9.59 Å². The molecule has 1 amide bonds. The Hall–Kier alpha value is -1.16. The zero-order chi connectivity index (χ0) is 9.71. The first kappa shape index (κ1) is 8.17. The molecule has 0 aromatic rings. The number of amides is 1. The van der Waals surface area contributed by atoms with Gasteiger partial charge >= 0.3 is 0 Å². The minimum Gasteiger partial charge on any atom is -0.350 e. The van der Waals surface area contributed by atoms with E-state index in [-0.39, 0.29) is 29.7 Å². The molecular weight excluding hydrogens is 180 g/mol. The van der Waals surface area contributed by atoms with E-state index in [0.717, 1.165) is 12.0 Å². The van der Waals surface area contributed by atoms with Crippen molar-refractivity contribution in [1.29, 1.82) is 0 Å². The predicted octanol–water partition coefficient (Wildman–Crippen LogP) is -0.638. The summed E-state index contributed by atoms with van der Waals surface area (Å²) in [5.41, 5.74) is 0.765. The van der Waals surface area contributed by atoms with Crippen LogP contribution in [0.15, 0.2) is 11.6 Å². The molecule has 3 rings (SSSR count). The van der Waals surface area contributed by atoms with Crippen molar-refractivity contribution in [3.63, 3.8) is 0 Å². The van der Waals surface area contributed by atoms with Gasteiger partial charge in [-0.3, -0.25) is 9.59 Å². The molecule has 1 aliphatic carbocycles. The van der Waals surface area contributed by atoms with E-state index in [0.29, 0.717) is 13.0 Å². The van der Waals surface area contributed by atoms with Gasteiger partial charge < -0.3 is 10.6 Å². The maximum atomic E-state index is 11.5. The number of carbonyl (C=O) groups excluding carboxylic acids is 2. The molecular formula is C10H12N2O2. The van der Waals surface area contributed by atoms with Crippen LogP contribution < -0.4 is 10.6 Å². The third-order valence-corrected chi connectivity index (χ3v) is 3.39. The molecule has 1 saturated carbocycles. The Labute approximate surface area is 81.7 Å². The number of Topliss-reactive ketones (excluding diaryl/α,β-unsaturated/α-hetero) is 1. The Morgan fingerprint density at radius 1 is 1.36 bits per heavy atom. The van der Waals surface area contributed by atoms with E-state index in [1.54, 1.807) is 0 Å². The molecule has 2 aliphatic heterocycles. The Morgan fingerprint density at radius 3 is 3.07 bits per heavy atom. The van der Waals surface area contributed by atoms with Crippen molar-refractivity contribution in [3.8, 4) is 0 Å². The molecule has 3 unspecified atom stereocenters. The number of hydrogen-bond acceptors (Lipinski definition) is 3. The van der Waals surface area contributed by atoms with Gasteiger partial charge in [-0.15, -0.1) is 0 Å². The number of hydrogen-bond donors (Lipinski definition) is 2. The maximum absolute atomic E-state index is 11.5. The second-order valence-electron chi connectivity index (χ2n) is 4.19. The molecule has 0 aromatic carbocycles. The van der Waals surface area contributed by atoms with Crippen molar-refractivity contribution in [2.45, 2.75) is 24.9 Å². The summed E-state index contributed by atoms with van der Waals surface area (Å²) in [6.07, 6.45) is 3.45. The van der Waals surface area contributed by atoms with Crippen molar-refractivity contribution >= 4 is 11.7 Å². The third-order valence-electron chi connectivity index (χ3n) is 3.39. The highest BCUT2D eigenvalue weighted by Crippen LogP contribution is 2.30. The van der Waals surface area contributed by atoms with Crippen LogP contribution >= 0.6 is 0 Å². The van der Waals surface area contributed by atoms with Gasteiger partial charge in [0.05, 0.1) is 12.0 Å². The van der Waals surface area contributed by atoms with Gasteiger partial charge in [-0.2, -0.15) is 0 Å². The third kappa shape index (κ3) is 0.973. The summed E-state index contributed by atoms with van der Waals surface area (Å²) >= 11 is 0. The highest BCUT2D eigenvalue weighted by atomic mass is 16.2. The summed E-state index contributed by atoms with van der Waals surface area (Å²) in [5.74, 6) is 0.207. The second-order valence-corrected chi connectivity index (χ2v) is 4.19. The standard InChI is InChI=1S/C10H12N2O2/c13-9-2-1-7-5(9)3-6-8(12-7)4-11-10(6)14/h3,5,7-8,12H,1-2,4H2,(H,11,14). The van der Waals surface area contributed by atoms with E-state index >= 15 is 0 Å². The topological polar surface area (TPSA) is 58.2 Å². The maximum Gasteiger partial charge on any atom is 0.248 e. The number of fused-ring (bicyclic) bond motifs is 2. The fourth-order valence-corrected chi connectivity index (χ4v) is 2.62. The van der Waals surface area contributed by atoms with E-state index in [4.69, 9.17) is 0 Å². The predicted molar refractivity (Wildman–Crippen MR) is 49.5 cm³/mol. The Morgan fingerprint density at radius 2 is 2.21 bits per heavy atom. The van der Waals surface area contributed by atoms with Gasteiger partial charge in [-0.25, -0.2) is 0 Å². The first-order valence-corrected chi connectivity index (χ1v) is 5.04. The van der Waals surface area contributed by atoms with Gasteiger partial charge in [0.2, 0.25) is 5.91 Å². The van der Waals surface area contributed by atoms with E-state index in [2.05, 4.69) is 10.6 Å². The second kappa shape index (κ2) is 2.67. The van der Waals surface area contributed by atoms with Crippen molar-refractivity contribution in [2.75, 3.05) is 6.54 Å². The van der Waals surface area contributed by atoms with Crippen molar-refractivity contribution in [1.82, 2.24) is 10.6 Å². The molecule has 1 saturated heterocycles. The first-order chi connectivity index (χ1) is 6.75. The molecule has 0 spiro atoms. The number of rotatable bonds is 0. The molecule has 0 bridgehead atoms. The van der Waals surface area contributed by atoms with Crippen molar-refractivity contribution in [2.24, 2.45) is 5.92 Å². The quantitative estimate of drug-likeness (QED) is 0.537. The Kier molecular flexibility index (Phi) is 1.56. The average Bonchev–Trinajstić information content (AvgIpc) is 2.71. The lowest BCUT2D eigenvalue weighted by Crippen LogP contribution is -2.46. The van der Waals surface area contributed by atoms with Crippen LogP contribution in [0.25, 0.3) is 0 Å². The molecule has 0 aromatic heterocycles. The minimum absolute atomic E-state index is 0.0133. The van der Waals surface area contributed by atoms with E-state index < -0.39 is 0 Å². The molecule has 2 heterocycles. The summed E-state index contributed by atoms with van der Waals surface area (Å²) in [7, 11) is 0. The van der Waals surface area contributed by atoms with Gasteiger partial charge in [0.25, 0.3) is 0 Å². The SMILES string of the molecule is O=C1NCC2NC3CCC(=O)C3C=C12. The van der Waals surface area contributed by atoms with Gasteiger partial charge in [-0.05, 0) is 6.42 Å². The van der Waals surface area contributed by atoms with Gasteiger partial charge in [-0.1, -0.05) is 6.08 Å². The van der Waals surface area contributed by atoms with Crippen LogP contribution in [0.4, 0.5) is 0 Å². The largest absolute Gasteiger partial charge is 0.350 e. The zero-order valence-electron chi connectivity index (χ0n) is 7.75. The average molecular weight is 192 g/mol. The fourth-order valence-electron chi connectivity index (χ4n) is 2.62. The van der Waals surface area contributed by atoms with Crippen LogP contribution in [0, 0.1) is 5.92 Å². The Bertz CT molecular complexity index is 348. The summed E-state index contributed by atoms with van der Waals surface area (Å²) in [4.78, 5) is 22.9. The molecule has 4 nitrogen and oxygen atoms in total. The molecule has 3 aliphatic rings. The smallest absolute Gasteiger partial charge is 0.248 e. The van der Waals surface area contributed by atoms with Crippen LogP contribution in [0.3, 0.4) is 0 Å². The van der Waals surface area contributed by atoms with Crippen LogP contribution in [-0.4, -0.2) is 30.3 Å². The van der Waals surface area contributed by atoms with E-state index in [1.165, 1.54) is 0 Å². The lowest BCUT2D eigenvalue weighted by molar-refractivity contribution is -0.119. The fraction of sp³-hybridized carbons (Fsp3) is 0.600. The minimum atomic E-state index is -0.0508. The van der Waals surface area contributed by atoms with E-state index in [1.807, 2.05) is 6.08 Å². The van der Waals surface area contributed by atoms with Crippen LogP contribution in [-0.2, 0) is 9.59 Å². The van der Waals surface area contributed by atoms with Gasteiger partial charge in [0, 0.05) is 24.6 Å². The Balaban J connectivity index is 1.98.